The van der Waals surface area contributed by atoms with Gasteiger partial charge in [0.2, 0.25) is 5.65 Å². The van der Waals surface area contributed by atoms with E-state index >= 15 is 0 Å². The zero-order chi connectivity index (χ0) is 12.4. The van der Waals surface area contributed by atoms with Crippen LogP contribution in [0.5, 0.6) is 17.4 Å². The Kier molecular flexibility index (Phi) is 2.53. The summed E-state index contributed by atoms with van der Waals surface area (Å²) in [4.78, 5) is 4.15. The molecule has 2 heterocycles. The Balaban J connectivity index is 2.04. The minimum absolute atomic E-state index is 0.388. The number of para-hydroxylation sites is 2. The van der Waals surface area contributed by atoms with Crippen LogP contribution in [-0.4, -0.2) is 26.7 Å². The summed E-state index contributed by atoms with van der Waals surface area (Å²) in [6.45, 7) is 0. The van der Waals surface area contributed by atoms with Crippen molar-refractivity contribution in [3.05, 3.63) is 43.0 Å². The van der Waals surface area contributed by atoms with Crippen molar-refractivity contribution < 1.29 is 9.47 Å². The van der Waals surface area contributed by atoms with Gasteiger partial charge in [0.25, 0.3) is 5.88 Å². The van der Waals surface area contributed by atoms with Crippen molar-refractivity contribution in [2.24, 2.45) is 0 Å². The molecule has 0 saturated carbocycles. The van der Waals surface area contributed by atoms with Gasteiger partial charge in [0, 0.05) is 12.4 Å². The Bertz CT molecular complexity index is 680. The average molecular weight is 242 g/mol. The number of fused-ring (bicyclic) bond motifs is 1. The van der Waals surface area contributed by atoms with Crippen molar-refractivity contribution in [1.29, 1.82) is 0 Å². The molecular weight excluding hydrogens is 232 g/mol. The maximum Gasteiger partial charge on any atom is 0.265 e. The van der Waals surface area contributed by atoms with E-state index in [2.05, 4.69) is 15.2 Å². The van der Waals surface area contributed by atoms with Gasteiger partial charge in [-0.15, -0.1) is 10.2 Å². The Labute approximate surface area is 103 Å². The number of ether oxygens (including phenoxy) is 2. The van der Waals surface area contributed by atoms with E-state index < -0.39 is 0 Å². The van der Waals surface area contributed by atoms with Gasteiger partial charge in [-0.2, -0.15) is 0 Å². The normalized spacial score (nSPS) is 10.5. The average Bonchev–Trinajstić information content (AvgIpc) is 2.89. The van der Waals surface area contributed by atoms with Crippen molar-refractivity contribution in [3.8, 4) is 17.4 Å². The molecule has 0 saturated heterocycles. The molecule has 0 fully saturated rings. The predicted octanol–water partition coefficient (Wildman–Crippen LogP) is 1.93. The van der Waals surface area contributed by atoms with Crippen LogP contribution in [0.4, 0.5) is 0 Å². The van der Waals surface area contributed by atoms with Gasteiger partial charge in [0.15, 0.2) is 11.5 Å². The van der Waals surface area contributed by atoms with E-state index in [0.717, 1.165) is 0 Å². The molecule has 0 unspecified atom stereocenters. The molecule has 2 aromatic heterocycles. The van der Waals surface area contributed by atoms with E-state index in [1.807, 2.05) is 18.2 Å². The number of aromatic nitrogens is 4. The summed E-state index contributed by atoms with van der Waals surface area (Å²) in [6.07, 6.45) is 4.97. The third kappa shape index (κ3) is 1.73. The second-order valence-corrected chi connectivity index (χ2v) is 3.55. The van der Waals surface area contributed by atoms with Gasteiger partial charge in [0.05, 0.1) is 7.11 Å². The number of rotatable bonds is 3. The van der Waals surface area contributed by atoms with Crippen LogP contribution in [0.25, 0.3) is 5.65 Å². The first-order valence-electron chi connectivity index (χ1n) is 5.33. The number of methoxy groups -OCH3 is 1. The highest BCUT2D eigenvalue weighted by molar-refractivity contribution is 5.51. The van der Waals surface area contributed by atoms with Crippen LogP contribution in [0.3, 0.4) is 0 Å². The van der Waals surface area contributed by atoms with Gasteiger partial charge < -0.3 is 9.47 Å². The lowest BCUT2D eigenvalue weighted by Gasteiger charge is -2.08. The molecule has 0 bridgehead atoms. The topological polar surface area (TPSA) is 61.5 Å². The first kappa shape index (κ1) is 10.5. The molecule has 3 aromatic rings. The van der Waals surface area contributed by atoms with E-state index in [0.29, 0.717) is 23.0 Å². The van der Waals surface area contributed by atoms with Gasteiger partial charge in [0.1, 0.15) is 6.33 Å². The molecule has 1 aromatic carbocycles. The van der Waals surface area contributed by atoms with Gasteiger partial charge >= 0.3 is 0 Å². The van der Waals surface area contributed by atoms with E-state index in [1.165, 1.54) is 0 Å². The Morgan fingerprint density at radius 3 is 2.83 bits per heavy atom. The third-order valence-electron chi connectivity index (χ3n) is 2.46. The molecule has 0 N–H and O–H groups in total. The van der Waals surface area contributed by atoms with Gasteiger partial charge in [-0.1, -0.05) is 12.1 Å². The third-order valence-corrected chi connectivity index (χ3v) is 2.46. The fourth-order valence-corrected chi connectivity index (χ4v) is 1.61. The van der Waals surface area contributed by atoms with E-state index in [-0.39, 0.29) is 0 Å². The zero-order valence-corrected chi connectivity index (χ0v) is 9.65. The van der Waals surface area contributed by atoms with E-state index in [1.54, 1.807) is 36.3 Å². The molecule has 0 amide bonds. The summed E-state index contributed by atoms with van der Waals surface area (Å²) < 4.78 is 12.7. The van der Waals surface area contributed by atoms with Crippen molar-refractivity contribution in [3.63, 3.8) is 0 Å². The zero-order valence-electron chi connectivity index (χ0n) is 9.65. The lowest BCUT2D eigenvalue weighted by molar-refractivity contribution is 0.375. The molecule has 18 heavy (non-hydrogen) atoms. The second-order valence-electron chi connectivity index (χ2n) is 3.55. The highest BCUT2D eigenvalue weighted by atomic mass is 16.5. The molecular formula is C12H10N4O2. The van der Waals surface area contributed by atoms with Crippen molar-refractivity contribution in [2.75, 3.05) is 7.11 Å². The number of hydrogen-bond acceptors (Lipinski definition) is 5. The molecule has 0 aliphatic rings. The highest BCUT2D eigenvalue weighted by Crippen LogP contribution is 2.30. The first-order valence-corrected chi connectivity index (χ1v) is 5.33. The second kappa shape index (κ2) is 4.33. The summed E-state index contributed by atoms with van der Waals surface area (Å²) >= 11 is 0. The van der Waals surface area contributed by atoms with Crippen molar-refractivity contribution >= 4 is 5.65 Å². The molecule has 0 atom stereocenters. The smallest absolute Gasteiger partial charge is 0.265 e. The van der Waals surface area contributed by atoms with Crippen LogP contribution < -0.4 is 9.47 Å². The number of benzene rings is 1. The molecule has 0 spiro atoms. The largest absolute Gasteiger partial charge is 0.493 e. The summed E-state index contributed by atoms with van der Waals surface area (Å²) in [6, 6.07) is 7.36. The van der Waals surface area contributed by atoms with Gasteiger partial charge in [-0.25, -0.2) is 4.98 Å². The van der Waals surface area contributed by atoms with Crippen molar-refractivity contribution in [2.45, 2.75) is 0 Å². The van der Waals surface area contributed by atoms with E-state index in [9.17, 15) is 0 Å². The predicted molar refractivity (Wildman–Crippen MR) is 63.9 cm³/mol. The molecule has 6 heteroatoms. The maximum absolute atomic E-state index is 5.71. The lowest BCUT2D eigenvalue weighted by Crippen LogP contribution is -1.95. The van der Waals surface area contributed by atoms with Crippen LogP contribution in [0.15, 0.2) is 43.0 Å². The SMILES string of the molecule is COc1ccccc1Oc1nccn2cnnc12. The summed E-state index contributed by atoms with van der Waals surface area (Å²) in [5.41, 5.74) is 0.559. The number of nitrogens with zero attached hydrogens (tertiary/aromatic N) is 4. The lowest BCUT2D eigenvalue weighted by atomic mass is 10.3. The number of hydrogen-bond donors (Lipinski definition) is 0. The monoisotopic (exact) mass is 242 g/mol. The van der Waals surface area contributed by atoms with Crippen LogP contribution in [0.2, 0.25) is 0 Å². The summed E-state index contributed by atoms with van der Waals surface area (Å²) in [5, 5.41) is 7.76. The standard InChI is InChI=1S/C12H10N4O2/c1-17-9-4-2-3-5-10(9)18-12-11-15-14-8-16(11)7-6-13-12/h2-8H,1H3. The molecule has 6 nitrogen and oxygen atoms in total. The van der Waals surface area contributed by atoms with Crippen LogP contribution in [0, 0.1) is 0 Å². The molecule has 0 aliphatic heterocycles. The maximum atomic E-state index is 5.71. The molecule has 0 radical (unpaired) electrons. The first-order chi connectivity index (χ1) is 8.88. The summed E-state index contributed by atoms with van der Waals surface area (Å²) in [5.74, 6) is 1.61. The minimum atomic E-state index is 0.388. The Morgan fingerprint density at radius 1 is 1.17 bits per heavy atom. The molecule has 3 rings (SSSR count). The Morgan fingerprint density at radius 2 is 2.00 bits per heavy atom. The minimum Gasteiger partial charge on any atom is -0.493 e. The molecule has 90 valence electrons. The summed E-state index contributed by atoms with van der Waals surface area (Å²) in [7, 11) is 1.59. The fourth-order valence-electron chi connectivity index (χ4n) is 1.61. The van der Waals surface area contributed by atoms with E-state index in [4.69, 9.17) is 9.47 Å². The van der Waals surface area contributed by atoms with Gasteiger partial charge in [-0.05, 0) is 12.1 Å². The van der Waals surface area contributed by atoms with Crippen LogP contribution in [-0.2, 0) is 0 Å². The Hall–Kier alpha value is -2.63. The highest BCUT2D eigenvalue weighted by Gasteiger charge is 2.10. The van der Waals surface area contributed by atoms with Crippen LogP contribution >= 0.6 is 0 Å². The quantitative estimate of drug-likeness (QED) is 0.702. The molecule has 0 aliphatic carbocycles. The van der Waals surface area contributed by atoms with Crippen LogP contribution in [0.1, 0.15) is 0 Å². The fraction of sp³-hybridized carbons (Fsp3) is 0.0833. The van der Waals surface area contributed by atoms with Crippen molar-refractivity contribution in [1.82, 2.24) is 19.6 Å². The van der Waals surface area contributed by atoms with Gasteiger partial charge in [-0.3, -0.25) is 4.40 Å².